The first-order valence-electron chi connectivity index (χ1n) is 14.0. The summed E-state index contributed by atoms with van der Waals surface area (Å²) in [6.45, 7) is 12.4. The molecule has 4 rings (SSSR count). The molecule has 236 valence electrons. The van der Waals surface area contributed by atoms with Crippen molar-refractivity contribution in [3.05, 3.63) is 23.3 Å². The van der Waals surface area contributed by atoms with Crippen LogP contribution in [0.1, 0.15) is 68.7 Å². The fourth-order valence-corrected chi connectivity index (χ4v) is 7.19. The summed E-state index contributed by atoms with van der Waals surface area (Å²) in [5.41, 5.74) is -3.74. The van der Waals surface area contributed by atoms with Crippen molar-refractivity contribution in [3.8, 4) is 0 Å². The average molecular weight is 607 g/mol. The third kappa shape index (κ3) is 5.21. The Morgan fingerprint density at radius 1 is 0.767 bits per heavy atom. The minimum absolute atomic E-state index is 0.146. The standard InChI is InChI=1S/C30H38O13/c1-13-10-11-20(37-15(3)31)28(8)22(13)25(40-18(6)34)30-21(42-27(36)29(30,9)43-30)12-14(2)23(38-16(4)32)24(39-17(5)33)26(28)41-19(7)35/h10,12,20-26H,11H2,1-9H3/b14-12-/t20-,21-,22+,23?,24+,25?,26-,28-,29-,30-/m0/s1. The predicted octanol–water partition coefficient (Wildman–Crippen LogP) is 2.03. The number of carbonyl (C=O) groups excluding carboxylic acids is 6. The number of fused-ring (bicyclic) bond motifs is 1. The molecule has 13 nitrogen and oxygen atoms in total. The van der Waals surface area contributed by atoms with E-state index in [1.165, 1.54) is 26.8 Å². The Kier molecular flexibility index (Phi) is 8.29. The molecule has 2 heterocycles. The first-order valence-corrected chi connectivity index (χ1v) is 14.0. The molecule has 2 fully saturated rings. The molecule has 0 N–H and O–H groups in total. The average Bonchev–Trinajstić information content (AvgIpc) is 3.46. The Bertz CT molecular complexity index is 1310. The van der Waals surface area contributed by atoms with Crippen LogP contribution in [0.4, 0.5) is 0 Å². The highest BCUT2D eigenvalue weighted by Crippen LogP contribution is 2.65. The van der Waals surface area contributed by atoms with Crippen molar-refractivity contribution in [3.63, 3.8) is 0 Å². The smallest absolute Gasteiger partial charge is 0.342 e. The molecular weight excluding hydrogens is 568 g/mol. The Hall–Kier alpha value is -3.74. The summed E-state index contributed by atoms with van der Waals surface area (Å²) in [6.07, 6.45) is -4.28. The van der Waals surface area contributed by atoms with Crippen molar-refractivity contribution < 1.29 is 61.9 Å². The van der Waals surface area contributed by atoms with E-state index in [9.17, 15) is 28.8 Å². The molecule has 0 bridgehead atoms. The van der Waals surface area contributed by atoms with E-state index in [2.05, 4.69) is 0 Å². The maximum absolute atomic E-state index is 13.2. The predicted molar refractivity (Wildman–Crippen MR) is 144 cm³/mol. The van der Waals surface area contributed by atoms with Gasteiger partial charge in [0.1, 0.15) is 12.2 Å². The zero-order valence-corrected chi connectivity index (χ0v) is 25.7. The van der Waals surface area contributed by atoms with E-state index in [-0.39, 0.29) is 12.0 Å². The summed E-state index contributed by atoms with van der Waals surface area (Å²) < 4.78 is 41.2. The molecular formula is C30H38O13. The quantitative estimate of drug-likeness (QED) is 0.193. The van der Waals surface area contributed by atoms with Gasteiger partial charge < -0.3 is 33.2 Å². The Morgan fingerprint density at radius 2 is 1.30 bits per heavy atom. The van der Waals surface area contributed by atoms with E-state index >= 15 is 0 Å². The maximum Gasteiger partial charge on any atom is 0.342 e. The van der Waals surface area contributed by atoms with Crippen molar-refractivity contribution in [2.45, 2.75) is 117 Å². The maximum atomic E-state index is 13.2. The van der Waals surface area contributed by atoms with Gasteiger partial charge in [0.15, 0.2) is 35.6 Å². The number of epoxide rings is 1. The second kappa shape index (κ2) is 11.1. The summed E-state index contributed by atoms with van der Waals surface area (Å²) in [5.74, 6) is -5.32. The molecule has 2 aliphatic heterocycles. The van der Waals surface area contributed by atoms with E-state index in [0.717, 1.165) is 20.8 Å². The molecule has 2 unspecified atom stereocenters. The second-order valence-corrected chi connectivity index (χ2v) is 12.0. The van der Waals surface area contributed by atoms with Crippen molar-refractivity contribution in [1.29, 1.82) is 0 Å². The van der Waals surface area contributed by atoms with Gasteiger partial charge in [-0.3, -0.25) is 24.0 Å². The van der Waals surface area contributed by atoms with Crippen LogP contribution in [0.25, 0.3) is 0 Å². The van der Waals surface area contributed by atoms with E-state index in [1.54, 1.807) is 26.8 Å². The minimum Gasteiger partial charge on any atom is -0.461 e. The highest BCUT2D eigenvalue weighted by molar-refractivity contribution is 5.89. The van der Waals surface area contributed by atoms with E-state index in [1.807, 2.05) is 0 Å². The van der Waals surface area contributed by atoms with Gasteiger partial charge >= 0.3 is 35.8 Å². The molecule has 43 heavy (non-hydrogen) atoms. The lowest BCUT2D eigenvalue weighted by Gasteiger charge is -2.54. The Labute approximate surface area is 249 Å². The topological polar surface area (TPSA) is 170 Å². The van der Waals surface area contributed by atoms with Crippen LogP contribution < -0.4 is 0 Å². The van der Waals surface area contributed by atoms with Crippen LogP contribution in [0.15, 0.2) is 23.3 Å². The third-order valence-electron chi connectivity index (χ3n) is 8.92. The van der Waals surface area contributed by atoms with Gasteiger partial charge in [-0.2, -0.15) is 0 Å². The van der Waals surface area contributed by atoms with Gasteiger partial charge in [-0.15, -0.1) is 0 Å². The molecule has 13 heteroatoms. The van der Waals surface area contributed by atoms with E-state index < -0.39 is 95.0 Å². The number of ether oxygens (including phenoxy) is 7. The molecule has 2 aliphatic carbocycles. The lowest BCUT2D eigenvalue weighted by Crippen LogP contribution is -2.66. The van der Waals surface area contributed by atoms with Crippen molar-refractivity contribution >= 4 is 35.8 Å². The first kappa shape index (κ1) is 32.2. The molecule has 0 aromatic rings. The molecule has 2 saturated heterocycles. The molecule has 0 aromatic heterocycles. The highest BCUT2D eigenvalue weighted by Gasteiger charge is 2.87. The summed E-state index contributed by atoms with van der Waals surface area (Å²) in [7, 11) is 0. The van der Waals surface area contributed by atoms with E-state index in [4.69, 9.17) is 33.2 Å². The summed E-state index contributed by atoms with van der Waals surface area (Å²) in [4.78, 5) is 76.2. The zero-order chi connectivity index (χ0) is 32.2. The second-order valence-electron chi connectivity index (χ2n) is 12.0. The molecule has 1 spiro atoms. The number of rotatable bonds is 5. The van der Waals surface area contributed by atoms with Gasteiger partial charge in [-0.25, -0.2) is 4.79 Å². The monoisotopic (exact) mass is 606 g/mol. The van der Waals surface area contributed by atoms with Gasteiger partial charge in [-0.1, -0.05) is 18.6 Å². The number of hydrogen-bond donors (Lipinski definition) is 0. The Morgan fingerprint density at radius 3 is 1.81 bits per heavy atom. The fraction of sp³-hybridized carbons (Fsp3) is 0.667. The fourth-order valence-electron chi connectivity index (χ4n) is 7.19. The Balaban J connectivity index is 2.14. The molecule has 0 amide bonds. The van der Waals surface area contributed by atoms with Crippen LogP contribution in [0.5, 0.6) is 0 Å². The van der Waals surface area contributed by atoms with Crippen LogP contribution >= 0.6 is 0 Å². The summed E-state index contributed by atoms with van der Waals surface area (Å²) in [5, 5.41) is 0. The normalized spacial score (nSPS) is 40.9. The van der Waals surface area contributed by atoms with Crippen molar-refractivity contribution in [2.75, 3.05) is 0 Å². The van der Waals surface area contributed by atoms with Gasteiger partial charge in [0.25, 0.3) is 0 Å². The molecule has 4 aliphatic rings. The summed E-state index contributed by atoms with van der Waals surface area (Å²) >= 11 is 0. The SMILES string of the molecule is CC(=O)OC1/C(C)=C\[C@@H]2OC(=O)[C@]3(C)O[C@]23C(OC(C)=O)[C@H]2C(C)=CC[C@H](OC(C)=O)[C@]2(C)[C@@H](OC(C)=O)[C@@H]1OC(C)=O. The number of hydrogen-bond acceptors (Lipinski definition) is 13. The van der Waals surface area contributed by atoms with Gasteiger partial charge in [-0.05, 0) is 32.4 Å². The molecule has 0 saturated carbocycles. The van der Waals surface area contributed by atoms with Gasteiger partial charge in [0.2, 0.25) is 0 Å². The zero-order valence-electron chi connectivity index (χ0n) is 25.7. The van der Waals surface area contributed by atoms with Crippen LogP contribution in [-0.2, 0) is 61.9 Å². The van der Waals surface area contributed by atoms with Crippen molar-refractivity contribution in [1.82, 2.24) is 0 Å². The van der Waals surface area contributed by atoms with Gasteiger partial charge in [0, 0.05) is 47.0 Å². The number of esters is 6. The lowest BCUT2D eigenvalue weighted by molar-refractivity contribution is -0.223. The van der Waals surface area contributed by atoms with Crippen LogP contribution in [-0.4, -0.2) is 83.6 Å². The highest BCUT2D eigenvalue weighted by atomic mass is 16.7. The minimum atomic E-state index is -1.56. The molecule has 10 atom stereocenters. The first-order chi connectivity index (χ1) is 19.9. The van der Waals surface area contributed by atoms with E-state index in [0.29, 0.717) is 5.57 Å². The van der Waals surface area contributed by atoms with Crippen LogP contribution in [0.3, 0.4) is 0 Å². The largest absolute Gasteiger partial charge is 0.461 e. The third-order valence-corrected chi connectivity index (χ3v) is 8.92. The molecule has 0 radical (unpaired) electrons. The van der Waals surface area contributed by atoms with Gasteiger partial charge in [0.05, 0.1) is 5.41 Å². The van der Waals surface area contributed by atoms with Crippen LogP contribution in [0, 0.1) is 11.3 Å². The van der Waals surface area contributed by atoms with Crippen LogP contribution in [0.2, 0.25) is 0 Å². The number of carbonyl (C=O) groups is 6. The summed E-state index contributed by atoms with van der Waals surface area (Å²) in [6, 6.07) is 0. The van der Waals surface area contributed by atoms with Crippen molar-refractivity contribution in [2.24, 2.45) is 11.3 Å². The molecule has 0 aromatic carbocycles. The lowest BCUT2D eigenvalue weighted by atomic mass is 9.56.